The molecule has 1 fully saturated rings. The maximum Gasteiger partial charge on any atom is 0.247 e. The first-order chi connectivity index (χ1) is 11.1. The minimum Gasteiger partial charge on any atom is -0.332 e. The SMILES string of the molecule is Cc1ccc(/C=C/C(=O)N(Cc2ccccc2F)C2CC2)cc1. The zero-order valence-electron chi connectivity index (χ0n) is 13.2. The highest BCUT2D eigenvalue weighted by Crippen LogP contribution is 2.29. The summed E-state index contributed by atoms with van der Waals surface area (Å²) in [6.07, 6.45) is 5.40. The van der Waals surface area contributed by atoms with Crippen molar-refractivity contribution in [1.29, 1.82) is 0 Å². The predicted octanol–water partition coefficient (Wildman–Crippen LogP) is 4.34. The first-order valence-electron chi connectivity index (χ1n) is 7.92. The Bertz CT molecular complexity index is 717. The van der Waals surface area contributed by atoms with Crippen molar-refractivity contribution in [2.45, 2.75) is 32.4 Å². The Hall–Kier alpha value is -2.42. The maximum atomic E-state index is 13.8. The van der Waals surface area contributed by atoms with E-state index in [0.29, 0.717) is 12.1 Å². The molecule has 1 aliphatic rings. The molecule has 2 aromatic carbocycles. The van der Waals surface area contributed by atoms with Crippen LogP contribution in [0.15, 0.2) is 54.6 Å². The van der Waals surface area contributed by atoms with E-state index in [0.717, 1.165) is 18.4 Å². The normalized spacial score (nSPS) is 14.2. The Morgan fingerprint density at radius 1 is 1.17 bits per heavy atom. The van der Waals surface area contributed by atoms with Crippen LogP contribution in [0, 0.1) is 12.7 Å². The molecule has 0 aromatic heterocycles. The minimum absolute atomic E-state index is 0.0590. The van der Waals surface area contributed by atoms with Gasteiger partial charge in [0.1, 0.15) is 5.82 Å². The van der Waals surface area contributed by atoms with Crippen molar-refractivity contribution < 1.29 is 9.18 Å². The van der Waals surface area contributed by atoms with Crippen molar-refractivity contribution in [3.05, 3.63) is 77.1 Å². The van der Waals surface area contributed by atoms with Gasteiger partial charge in [-0.1, -0.05) is 48.0 Å². The van der Waals surface area contributed by atoms with E-state index < -0.39 is 0 Å². The van der Waals surface area contributed by atoms with E-state index in [1.807, 2.05) is 37.3 Å². The van der Waals surface area contributed by atoms with Crippen LogP contribution in [0.25, 0.3) is 6.08 Å². The Balaban J connectivity index is 1.72. The number of nitrogens with zero attached hydrogens (tertiary/aromatic N) is 1. The lowest BCUT2D eigenvalue weighted by atomic mass is 10.1. The van der Waals surface area contributed by atoms with E-state index in [1.54, 1.807) is 29.2 Å². The molecule has 118 valence electrons. The van der Waals surface area contributed by atoms with Gasteiger partial charge in [0, 0.05) is 24.2 Å². The number of rotatable bonds is 5. The smallest absolute Gasteiger partial charge is 0.247 e. The van der Waals surface area contributed by atoms with Gasteiger partial charge in [0.2, 0.25) is 5.91 Å². The van der Waals surface area contributed by atoms with Gasteiger partial charge in [-0.15, -0.1) is 0 Å². The fraction of sp³-hybridized carbons (Fsp3) is 0.250. The number of carbonyl (C=O) groups excluding carboxylic acids is 1. The van der Waals surface area contributed by atoms with Crippen LogP contribution < -0.4 is 0 Å². The first-order valence-corrected chi connectivity index (χ1v) is 7.92. The third-order valence-corrected chi connectivity index (χ3v) is 4.06. The van der Waals surface area contributed by atoms with Crippen LogP contribution in [0.2, 0.25) is 0 Å². The van der Waals surface area contributed by atoms with E-state index in [9.17, 15) is 9.18 Å². The van der Waals surface area contributed by atoms with Gasteiger partial charge in [-0.25, -0.2) is 4.39 Å². The van der Waals surface area contributed by atoms with Gasteiger partial charge in [0.15, 0.2) is 0 Å². The van der Waals surface area contributed by atoms with Crippen LogP contribution in [0.1, 0.15) is 29.5 Å². The van der Waals surface area contributed by atoms with Crippen LogP contribution >= 0.6 is 0 Å². The summed E-state index contributed by atoms with van der Waals surface area (Å²) >= 11 is 0. The summed E-state index contributed by atoms with van der Waals surface area (Å²) in [5.74, 6) is -0.315. The van der Waals surface area contributed by atoms with Gasteiger partial charge in [0.25, 0.3) is 0 Å². The largest absolute Gasteiger partial charge is 0.332 e. The Labute approximate surface area is 136 Å². The lowest BCUT2D eigenvalue weighted by molar-refractivity contribution is -0.127. The summed E-state index contributed by atoms with van der Waals surface area (Å²) < 4.78 is 13.8. The molecule has 0 spiro atoms. The molecule has 1 saturated carbocycles. The highest BCUT2D eigenvalue weighted by molar-refractivity contribution is 5.92. The zero-order chi connectivity index (χ0) is 16.2. The second-order valence-electron chi connectivity index (χ2n) is 6.03. The molecule has 0 heterocycles. The zero-order valence-corrected chi connectivity index (χ0v) is 13.2. The average Bonchev–Trinajstić information content (AvgIpc) is 3.38. The van der Waals surface area contributed by atoms with Crippen LogP contribution in [0.4, 0.5) is 4.39 Å². The minimum atomic E-state index is -0.256. The molecule has 0 unspecified atom stereocenters. The number of benzene rings is 2. The monoisotopic (exact) mass is 309 g/mol. The molecular formula is C20H20FNO. The number of aryl methyl sites for hydroxylation is 1. The number of halogens is 1. The average molecular weight is 309 g/mol. The van der Waals surface area contributed by atoms with Crippen LogP contribution in [0.5, 0.6) is 0 Å². The van der Waals surface area contributed by atoms with Crippen LogP contribution in [-0.2, 0) is 11.3 Å². The van der Waals surface area contributed by atoms with Crippen molar-refractivity contribution in [3.63, 3.8) is 0 Å². The molecule has 0 N–H and O–H groups in total. The fourth-order valence-corrected chi connectivity index (χ4v) is 2.52. The van der Waals surface area contributed by atoms with E-state index in [2.05, 4.69) is 0 Å². The third-order valence-electron chi connectivity index (χ3n) is 4.06. The molecule has 3 rings (SSSR count). The molecule has 0 radical (unpaired) electrons. The van der Waals surface area contributed by atoms with Gasteiger partial charge in [-0.05, 0) is 37.5 Å². The molecule has 0 atom stereocenters. The quantitative estimate of drug-likeness (QED) is 0.752. The van der Waals surface area contributed by atoms with Crippen LogP contribution in [-0.4, -0.2) is 16.8 Å². The second kappa shape index (κ2) is 6.78. The molecule has 3 heteroatoms. The summed E-state index contributed by atoms with van der Waals surface area (Å²) in [7, 11) is 0. The Morgan fingerprint density at radius 2 is 1.87 bits per heavy atom. The van der Waals surface area contributed by atoms with Gasteiger partial charge in [-0.3, -0.25) is 4.79 Å². The molecular weight excluding hydrogens is 289 g/mol. The first kappa shape index (κ1) is 15.5. The molecule has 0 bridgehead atoms. The summed E-state index contributed by atoms with van der Waals surface area (Å²) in [5, 5.41) is 0. The second-order valence-corrected chi connectivity index (χ2v) is 6.03. The Kier molecular flexibility index (Phi) is 4.56. The Morgan fingerprint density at radius 3 is 2.52 bits per heavy atom. The van der Waals surface area contributed by atoms with E-state index in [4.69, 9.17) is 0 Å². The van der Waals surface area contributed by atoms with Crippen LogP contribution in [0.3, 0.4) is 0 Å². The molecule has 2 aromatic rings. The van der Waals surface area contributed by atoms with Crippen molar-refractivity contribution in [2.24, 2.45) is 0 Å². The van der Waals surface area contributed by atoms with Crippen molar-refractivity contribution in [3.8, 4) is 0 Å². The topological polar surface area (TPSA) is 20.3 Å². The van der Waals surface area contributed by atoms with Crippen molar-refractivity contribution >= 4 is 12.0 Å². The van der Waals surface area contributed by atoms with Gasteiger partial charge < -0.3 is 4.90 Å². The lowest BCUT2D eigenvalue weighted by Gasteiger charge is -2.21. The summed E-state index contributed by atoms with van der Waals surface area (Å²) in [6, 6.07) is 14.9. The van der Waals surface area contributed by atoms with Gasteiger partial charge in [0.05, 0.1) is 0 Å². The van der Waals surface area contributed by atoms with Crippen molar-refractivity contribution in [1.82, 2.24) is 4.90 Å². The van der Waals surface area contributed by atoms with E-state index in [1.165, 1.54) is 11.6 Å². The third kappa shape index (κ3) is 4.07. The summed E-state index contributed by atoms with van der Waals surface area (Å²) in [5.41, 5.74) is 2.75. The predicted molar refractivity (Wildman–Crippen MR) is 90.2 cm³/mol. The molecule has 1 amide bonds. The number of carbonyl (C=O) groups is 1. The fourth-order valence-electron chi connectivity index (χ4n) is 2.52. The highest BCUT2D eigenvalue weighted by atomic mass is 19.1. The molecule has 1 aliphatic carbocycles. The summed E-state index contributed by atoms with van der Waals surface area (Å²) in [6.45, 7) is 2.36. The summed E-state index contributed by atoms with van der Waals surface area (Å²) in [4.78, 5) is 14.3. The van der Waals surface area contributed by atoms with Gasteiger partial charge >= 0.3 is 0 Å². The van der Waals surface area contributed by atoms with E-state index in [-0.39, 0.29) is 17.8 Å². The van der Waals surface area contributed by atoms with E-state index >= 15 is 0 Å². The highest BCUT2D eigenvalue weighted by Gasteiger charge is 2.31. The van der Waals surface area contributed by atoms with Gasteiger partial charge in [-0.2, -0.15) is 0 Å². The number of amides is 1. The number of hydrogen-bond donors (Lipinski definition) is 0. The standard InChI is InChI=1S/C20H20FNO/c1-15-6-8-16(9-7-15)10-13-20(23)22(18-11-12-18)14-17-4-2-3-5-19(17)21/h2-10,13,18H,11-12,14H2,1H3/b13-10+. The molecule has 2 nitrogen and oxygen atoms in total. The lowest BCUT2D eigenvalue weighted by Crippen LogP contribution is -2.31. The molecule has 0 saturated heterocycles. The molecule has 23 heavy (non-hydrogen) atoms. The molecule has 0 aliphatic heterocycles. The number of hydrogen-bond acceptors (Lipinski definition) is 1. The van der Waals surface area contributed by atoms with Crippen molar-refractivity contribution in [2.75, 3.05) is 0 Å². The maximum absolute atomic E-state index is 13.8.